The largest absolute Gasteiger partial charge is 0.497 e. The summed E-state index contributed by atoms with van der Waals surface area (Å²) < 4.78 is 5.30. The molecular weight excluding hydrogens is 424 g/mol. The number of carbonyl (C=O) groups is 1. The summed E-state index contributed by atoms with van der Waals surface area (Å²) in [6.45, 7) is 3.50. The zero-order valence-electron chi connectivity index (χ0n) is 21.4. The number of carbonyl (C=O) groups excluding carboxylic acids is 1. The Hall–Kier alpha value is -2.37. The van der Waals surface area contributed by atoms with Gasteiger partial charge in [-0.25, -0.2) is 0 Å². The maximum atomic E-state index is 13.7. The first kappa shape index (κ1) is 26.2. The van der Waals surface area contributed by atoms with Crippen LogP contribution in [0.5, 0.6) is 5.75 Å². The third kappa shape index (κ3) is 6.19. The zero-order chi connectivity index (χ0) is 24.6. The minimum atomic E-state index is -0.103. The predicted octanol–water partition coefficient (Wildman–Crippen LogP) is 5.08. The Bertz CT molecular complexity index is 884. The summed E-state index contributed by atoms with van der Waals surface area (Å²) in [6.07, 6.45) is 5.64. The number of aliphatic hydroxyl groups excluding tert-OH is 1. The molecule has 34 heavy (non-hydrogen) atoms. The molecule has 1 fully saturated rings. The highest BCUT2D eigenvalue weighted by molar-refractivity contribution is 5.78. The molecule has 2 aromatic rings. The lowest BCUT2D eigenvalue weighted by Crippen LogP contribution is -2.42. The fourth-order valence-corrected chi connectivity index (χ4v) is 5.60. The van der Waals surface area contributed by atoms with Crippen molar-refractivity contribution in [3.05, 3.63) is 65.7 Å². The molecule has 1 amide bonds. The molecule has 0 aliphatic carbocycles. The van der Waals surface area contributed by atoms with Crippen LogP contribution in [0.4, 0.5) is 0 Å². The smallest absolute Gasteiger partial charge is 0.225 e. The van der Waals surface area contributed by atoms with Gasteiger partial charge in [-0.1, -0.05) is 55.8 Å². The van der Waals surface area contributed by atoms with Gasteiger partial charge >= 0.3 is 0 Å². The Kier molecular flexibility index (Phi) is 9.54. The quantitative estimate of drug-likeness (QED) is 0.618. The first-order chi connectivity index (χ1) is 16.4. The molecule has 0 spiro atoms. The van der Waals surface area contributed by atoms with Crippen LogP contribution in [0.2, 0.25) is 0 Å². The maximum absolute atomic E-state index is 13.7. The van der Waals surface area contributed by atoms with Crippen molar-refractivity contribution >= 4 is 5.91 Å². The van der Waals surface area contributed by atoms with Gasteiger partial charge in [-0.15, -0.1) is 0 Å². The second-order valence-electron chi connectivity index (χ2n) is 9.96. The number of hydrogen-bond acceptors (Lipinski definition) is 4. The molecule has 186 valence electrons. The van der Waals surface area contributed by atoms with E-state index in [-0.39, 0.29) is 29.9 Å². The number of nitrogens with zero attached hydrogens (tertiary/aromatic N) is 2. The number of methoxy groups -OCH3 is 1. The second-order valence-corrected chi connectivity index (χ2v) is 9.96. The molecule has 1 aliphatic heterocycles. The van der Waals surface area contributed by atoms with E-state index >= 15 is 0 Å². The Morgan fingerprint density at radius 1 is 1.06 bits per heavy atom. The van der Waals surface area contributed by atoms with Gasteiger partial charge in [0, 0.05) is 31.2 Å². The highest BCUT2D eigenvalue weighted by Gasteiger charge is 2.36. The Morgan fingerprint density at radius 3 is 2.35 bits per heavy atom. The van der Waals surface area contributed by atoms with E-state index in [1.807, 2.05) is 29.2 Å². The monoisotopic (exact) mass is 466 g/mol. The highest BCUT2D eigenvalue weighted by atomic mass is 16.5. The average Bonchev–Trinajstić information content (AvgIpc) is 2.88. The maximum Gasteiger partial charge on any atom is 0.225 e. The van der Waals surface area contributed by atoms with Crippen LogP contribution in [0.15, 0.2) is 54.6 Å². The third-order valence-corrected chi connectivity index (χ3v) is 7.79. The number of ether oxygens (including phenoxy) is 1. The van der Waals surface area contributed by atoms with Crippen LogP contribution in [0.25, 0.3) is 0 Å². The van der Waals surface area contributed by atoms with Gasteiger partial charge in [0.2, 0.25) is 5.91 Å². The van der Waals surface area contributed by atoms with Crippen LogP contribution < -0.4 is 4.74 Å². The fraction of sp³-hybridized carbons (Fsp3) is 0.552. The van der Waals surface area contributed by atoms with Crippen molar-refractivity contribution in [2.24, 2.45) is 11.8 Å². The zero-order valence-corrected chi connectivity index (χ0v) is 21.4. The molecule has 0 radical (unpaired) electrons. The van der Waals surface area contributed by atoms with Crippen molar-refractivity contribution in [1.82, 2.24) is 9.80 Å². The van der Waals surface area contributed by atoms with Gasteiger partial charge in [0.15, 0.2) is 0 Å². The van der Waals surface area contributed by atoms with E-state index in [4.69, 9.17) is 4.74 Å². The summed E-state index contributed by atoms with van der Waals surface area (Å²) >= 11 is 0. The van der Waals surface area contributed by atoms with Gasteiger partial charge in [-0.05, 0) is 75.4 Å². The summed E-state index contributed by atoms with van der Waals surface area (Å²) in [5.41, 5.74) is 2.39. The summed E-state index contributed by atoms with van der Waals surface area (Å²) in [5.74, 6) is 1.10. The van der Waals surface area contributed by atoms with Crippen molar-refractivity contribution in [2.75, 3.05) is 34.4 Å². The van der Waals surface area contributed by atoms with E-state index < -0.39 is 0 Å². The molecule has 0 saturated carbocycles. The van der Waals surface area contributed by atoms with E-state index in [0.717, 1.165) is 50.0 Å². The van der Waals surface area contributed by atoms with Gasteiger partial charge in [0.1, 0.15) is 5.75 Å². The summed E-state index contributed by atoms with van der Waals surface area (Å²) in [5, 5.41) is 9.74. The number of rotatable bonds is 7. The number of aliphatic hydroxyl groups is 1. The molecular formula is C29H42N2O3. The molecule has 0 aromatic heterocycles. The average molecular weight is 467 g/mol. The lowest BCUT2D eigenvalue weighted by molar-refractivity contribution is -0.137. The first-order valence-electron chi connectivity index (χ1n) is 12.7. The van der Waals surface area contributed by atoms with Crippen LogP contribution in [0, 0.1) is 11.8 Å². The van der Waals surface area contributed by atoms with E-state index in [0.29, 0.717) is 13.0 Å². The van der Waals surface area contributed by atoms with E-state index in [1.165, 1.54) is 5.56 Å². The molecule has 1 saturated heterocycles. The first-order valence-corrected chi connectivity index (χ1v) is 12.7. The van der Waals surface area contributed by atoms with Crippen LogP contribution in [-0.4, -0.2) is 55.2 Å². The van der Waals surface area contributed by atoms with Crippen LogP contribution in [0.1, 0.15) is 56.6 Å². The predicted molar refractivity (Wildman–Crippen MR) is 138 cm³/mol. The Labute approximate surface area is 205 Å². The number of amides is 1. The topological polar surface area (TPSA) is 53.0 Å². The van der Waals surface area contributed by atoms with Crippen molar-refractivity contribution in [3.63, 3.8) is 0 Å². The molecule has 2 unspecified atom stereocenters. The lowest BCUT2D eigenvalue weighted by atomic mass is 9.78. The normalized spacial score (nSPS) is 24.6. The molecule has 0 bridgehead atoms. The van der Waals surface area contributed by atoms with Gasteiger partial charge < -0.3 is 14.7 Å². The SMILES string of the molecule is COc1ccc(CN2CCC[C@](c3ccccc3)(N(C)C)CCCC(CCO)C(C)C2=O)cc1. The van der Waals surface area contributed by atoms with Gasteiger partial charge in [0.05, 0.1) is 7.11 Å². The number of benzene rings is 2. The molecule has 3 atom stereocenters. The van der Waals surface area contributed by atoms with Crippen LogP contribution in [0.3, 0.4) is 0 Å². The minimum Gasteiger partial charge on any atom is -0.497 e. The minimum absolute atomic E-state index is 0.0621. The molecule has 1 aliphatic rings. The third-order valence-electron chi connectivity index (χ3n) is 7.79. The Balaban J connectivity index is 1.91. The summed E-state index contributed by atoms with van der Waals surface area (Å²) in [6, 6.07) is 18.8. The molecule has 1 N–H and O–H groups in total. The van der Waals surface area contributed by atoms with Crippen molar-refractivity contribution in [2.45, 2.75) is 57.5 Å². The molecule has 2 aromatic carbocycles. The van der Waals surface area contributed by atoms with Crippen molar-refractivity contribution in [1.29, 1.82) is 0 Å². The highest BCUT2D eigenvalue weighted by Crippen LogP contribution is 2.39. The van der Waals surface area contributed by atoms with Crippen molar-refractivity contribution in [3.8, 4) is 5.75 Å². The van der Waals surface area contributed by atoms with E-state index in [2.05, 4.69) is 56.3 Å². The van der Waals surface area contributed by atoms with Gasteiger partial charge in [0.25, 0.3) is 0 Å². The number of hydrogen-bond donors (Lipinski definition) is 1. The fourth-order valence-electron chi connectivity index (χ4n) is 5.60. The van der Waals surface area contributed by atoms with Gasteiger partial charge in [-0.2, -0.15) is 0 Å². The van der Waals surface area contributed by atoms with Gasteiger partial charge in [-0.3, -0.25) is 9.69 Å². The van der Waals surface area contributed by atoms with E-state index in [9.17, 15) is 9.90 Å². The molecule has 5 heteroatoms. The lowest BCUT2D eigenvalue weighted by Gasteiger charge is -2.41. The molecule has 1 heterocycles. The van der Waals surface area contributed by atoms with E-state index in [1.54, 1.807) is 7.11 Å². The second kappa shape index (κ2) is 12.4. The van der Waals surface area contributed by atoms with Crippen LogP contribution in [-0.2, 0) is 16.9 Å². The molecule has 3 rings (SSSR count). The standard InChI is InChI=1S/C29H42N2O3/c1-23-25(17-21-32)10-8-18-29(30(2)3,26-11-6-5-7-12-26)19-9-20-31(28(23)33)22-24-13-15-27(34-4)16-14-24/h5-7,11-16,23,25,32H,8-10,17-22H2,1-4H3/t23?,25?,29-/m1/s1. The van der Waals surface area contributed by atoms with Crippen molar-refractivity contribution < 1.29 is 14.6 Å². The Morgan fingerprint density at radius 2 is 1.74 bits per heavy atom. The molecule has 5 nitrogen and oxygen atoms in total. The summed E-state index contributed by atoms with van der Waals surface area (Å²) in [7, 11) is 6.03. The van der Waals surface area contributed by atoms with Crippen LogP contribution >= 0.6 is 0 Å². The summed E-state index contributed by atoms with van der Waals surface area (Å²) in [4.78, 5) is 18.1.